The zero-order valence-corrected chi connectivity index (χ0v) is 9.87. The molecule has 0 aliphatic rings. The highest BCUT2D eigenvalue weighted by atomic mass is 19.1. The Morgan fingerprint density at radius 2 is 2.00 bits per heavy atom. The van der Waals surface area contributed by atoms with Crippen molar-refractivity contribution in [2.24, 2.45) is 0 Å². The van der Waals surface area contributed by atoms with Gasteiger partial charge in [-0.25, -0.2) is 4.39 Å². The molecule has 0 spiro atoms. The molecule has 0 unspecified atom stereocenters. The lowest BCUT2D eigenvalue weighted by Gasteiger charge is -2.09. The highest BCUT2D eigenvalue weighted by Gasteiger charge is 2.11. The molecule has 0 fully saturated rings. The van der Waals surface area contributed by atoms with Crippen molar-refractivity contribution in [3.05, 3.63) is 58.7 Å². The smallest absolute Gasteiger partial charge is 0.128 e. The maximum Gasteiger partial charge on any atom is 0.128 e. The molecule has 2 nitrogen and oxygen atoms in total. The Morgan fingerprint density at radius 1 is 1.29 bits per heavy atom. The summed E-state index contributed by atoms with van der Waals surface area (Å²) in [7, 11) is 0. The van der Waals surface area contributed by atoms with E-state index in [4.69, 9.17) is 5.26 Å². The number of halogens is 1. The summed E-state index contributed by atoms with van der Waals surface area (Å²) < 4.78 is 15.4. The summed E-state index contributed by atoms with van der Waals surface area (Å²) in [6, 6.07) is 10.8. The van der Waals surface area contributed by atoms with Gasteiger partial charge in [-0.15, -0.1) is 0 Å². The minimum absolute atomic E-state index is 0.234. The third kappa shape index (κ3) is 2.07. The van der Waals surface area contributed by atoms with Crippen LogP contribution in [0.15, 0.2) is 30.3 Å². The van der Waals surface area contributed by atoms with Crippen LogP contribution < -0.4 is 0 Å². The van der Waals surface area contributed by atoms with Gasteiger partial charge in [-0.1, -0.05) is 18.2 Å². The fourth-order valence-corrected chi connectivity index (χ4v) is 2.00. The maximum absolute atomic E-state index is 13.6. The van der Waals surface area contributed by atoms with Gasteiger partial charge in [0.05, 0.1) is 6.54 Å². The van der Waals surface area contributed by atoms with Crippen molar-refractivity contribution < 1.29 is 4.39 Å². The van der Waals surface area contributed by atoms with Crippen LogP contribution in [0.3, 0.4) is 0 Å². The third-order valence-electron chi connectivity index (χ3n) is 2.89. The molecule has 0 aliphatic heterocycles. The third-order valence-corrected chi connectivity index (χ3v) is 2.89. The number of rotatable bonds is 2. The topological polar surface area (TPSA) is 28.7 Å². The summed E-state index contributed by atoms with van der Waals surface area (Å²) in [5.41, 5.74) is 3.11. The largest absolute Gasteiger partial charge is 0.332 e. The summed E-state index contributed by atoms with van der Waals surface area (Å²) in [5, 5.41) is 9.10. The van der Waals surface area contributed by atoms with Crippen LogP contribution in [0.5, 0.6) is 0 Å². The molecule has 1 heterocycles. The summed E-state index contributed by atoms with van der Waals surface area (Å²) in [6.07, 6.45) is 0. The first-order valence-electron chi connectivity index (χ1n) is 5.43. The van der Waals surface area contributed by atoms with Crippen molar-refractivity contribution in [1.29, 1.82) is 5.26 Å². The molecule has 0 saturated carbocycles. The number of hydrogen-bond acceptors (Lipinski definition) is 1. The van der Waals surface area contributed by atoms with E-state index >= 15 is 0 Å². The van der Waals surface area contributed by atoms with E-state index in [-0.39, 0.29) is 5.82 Å². The lowest BCUT2D eigenvalue weighted by molar-refractivity contribution is 0.597. The molecule has 3 heteroatoms. The van der Waals surface area contributed by atoms with Crippen LogP contribution in [0.25, 0.3) is 0 Å². The fraction of sp³-hybridized carbons (Fsp3) is 0.214. The van der Waals surface area contributed by atoms with E-state index in [1.807, 2.05) is 24.5 Å². The number of aryl methyl sites for hydroxylation is 2. The van der Waals surface area contributed by atoms with Crippen molar-refractivity contribution >= 4 is 0 Å². The number of aromatic nitrogens is 1. The van der Waals surface area contributed by atoms with Crippen LogP contribution in [-0.2, 0) is 6.54 Å². The second-order valence-corrected chi connectivity index (χ2v) is 4.11. The van der Waals surface area contributed by atoms with E-state index in [2.05, 4.69) is 6.07 Å². The second kappa shape index (κ2) is 4.42. The van der Waals surface area contributed by atoms with Crippen LogP contribution in [0.2, 0.25) is 0 Å². The molecule has 2 aromatic rings. The van der Waals surface area contributed by atoms with E-state index in [0.29, 0.717) is 17.8 Å². The molecule has 86 valence electrons. The normalized spacial score (nSPS) is 10.2. The average Bonchev–Trinajstić information content (AvgIpc) is 2.56. The number of benzene rings is 1. The zero-order valence-electron chi connectivity index (χ0n) is 9.87. The van der Waals surface area contributed by atoms with E-state index < -0.39 is 0 Å². The molecule has 0 bridgehead atoms. The van der Waals surface area contributed by atoms with Crippen molar-refractivity contribution in [1.82, 2.24) is 4.57 Å². The van der Waals surface area contributed by atoms with E-state index in [1.165, 1.54) is 6.07 Å². The quantitative estimate of drug-likeness (QED) is 0.776. The molecular formula is C14H13FN2. The van der Waals surface area contributed by atoms with Crippen molar-refractivity contribution in [2.75, 3.05) is 0 Å². The Morgan fingerprint density at radius 3 is 2.65 bits per heavy atom. The Balaban J connectivity index is 2.44. The lowest BCUT2D eigenvalue weighted by Crippen LogP contribution is -2.06. The van der Waals surface area contributed by atoms with E-state index in [0.717, 1.165) is 11.3 Å². The Hall–Kier alpha value is -2.08. The number of hydrogen-bond donors (Lipinski definition) is 0. The Labute approximate surface area is 99.9 Å². The number of nitrogens with zero attached hydrogens (tertiary/aromatic N) is 2. The molecule has 2 rings (SSSR count). The molecule has 17 heavy (non-hydrogen) atoms. The first kappa shape index (κ1) is 11.4. The highest BCUT2D eigenvalue weighted by molar-refractivity contribution is 5.36. The minimum atomic E-state index is -0.234. The first-order chi connectivity index (χ1) is 8.13. The fourth-order valence-electron chi connectivity index (χ4n) is 2.00. The van der Waals surface area contributed by atoms with Gasteiger partial charge in [-0.3, -0.25) is 0 Å². The second-order valence-electron chi connectivity index (χ2n) is 4.11. The predicted molar refractivity (Wildman–Crippen MR) is 64.1 cm³/mol. The van der Waals surface area contributed by atoms with Crippen LogP contribution in [0.1, 0.15) is 22.5 Å². The molecule has 0 radical (unpaired) electrons. The maximum atomic E-state index is 13.6. The van der Waals surface area contributed by atoms with Gasteiger partial charge in [0, 0.05) is 11.3 Å². The summed E-state index contributed by atoms with van der Waals surface area (Å²) in [4.78, 5) is 0. The van der Waals surface area contributed by atoms with Gasteiger partial charge in [-0.05, 0) is 31.5 Å². The molecule has 1 aromatic heterocycles. The van der Waals surface area contributed by atoms with Crippen molar-refractivity contribution in [2.45, 2.75) is 20.4 Å². The molecule has 0 aliphatic carbocycles. The van der Waals surface area contributed by atoms with Crippen LogP contribution in [-0.4, -0.2) is 4.57 Å². The average molecular weight is 228 g/mol. The van der Waals surface area contributed by atoms with E-state index in [9.17, 15) is 4.39 Å². The first-order valence-corrected chi connectivity index (χ1v) is 5.43. The van der Waals surface area contributed by atoms with Crippen LogP contribution in [0.4, 0.5) is 4.39 Å². The van der Waals surface area contributed by atoms with Gasteiger partial charge >= 0.3 is 0 Å². The Bertz CT molecular complexity index is 591. The molecule has 0 saturated heterocycles. The number of nitriles is 1. The predicted octanol–water partition coefficient (Wildman–Crippen LogP) is 3.16. The SMILES string of the molecule is Cc1cc(C)n(Cc2ccccc2F)c1C#N. The minimum Gasteiger partial charge on any atom is -0.332 e. The highest BCUT2D eigenvalue weighted by Crippen LogP contribution is 2.17. The van der Waals surface area contributed by atoms with Gasteiger partial charge in [0.1, 0.15) is 17.6 Å². The van der Waals surface area contributed by atoms with Crippen LogP contribution >= 0.6 is 0 Å². The van der Waals surface area contributed by atoms with Crippen molar-refractivity contribution in [3.8, 4) is 6.07 Å². The Kier molecular flexibility index (Phi) is 2.97. The van der Waals surface area contributed by atoms with Crippen LogP contribution in [0, 0.1) is 31.0 Å². The van der Waals surface area contributed by atoms with Gasteiger partial charge in [0.15, 0.2) is 0 Å². The molecule has 0 atom stereocenters. The molecule has 0 N–H and O–H groups in total. The molecule has 1 aromatic carbocycles. The molecular weight excluding hydrogens is 215 g/mol. The van der Waals surface area contributed by atoms with Gasteiger partial charge < -0.3 is 4.57 Å². The lowest BCUT2D eigenvalue weighted by atomic mass is 10.2. The summed E-state index contributed by atoms with van der Waals surface area (Å²) in [5.74, 6) is -0.234. The standard InChI is InChI=1S/C14H13FN2/c1-10-7-11(2)17(14(10)8-16)9-12-5-3-4-6-13(12)15/h3-7H,9H2,1-2H3. The zero-order chi connectivity index (χ0) is 12.4. The summed E-state index contributed by atoms with van der Waals surface area (Å²) >= 11 is 0. The van der Waals surface area contributed by atoms with Gasteiger partial charge in [0.25, 0.3) is 0 Å². The monoisotopic (exact) mass is 228 g/mol. The van der Waals surface area contributed by atoms with Crippen molar-refractivity contribution in [3.63, 3.8) is 0 Å². The van der Waals surface area contributed by atoms with Gasteiger partial charge in [0.2, 0.25) is 0 Å². The van der Waals surface area contributed by atoms with Gasteiger partial charge in [-0.2, -0.15) is 5.26 Å². The molecule has 0 amide bonds. The summed E-state index contributed by atoms with van der Waals surface area (Å²) in [6.45, 7) is 4.22. The van der Waals surface area contributed by atoms with E-state index in [1.54, 1.807) is 18.2 Å².